The maximum Gasteiger partial charge on any atom is 0.141 e. The summed E-state index contributed by atoms with van der Waals surface area (Å²) >= 11 is 7.74. The van der Waals surface area contributed by atoms with Crippen LogP contribution in [-0.4, -0.2) is 19.0 Å². The number of hydrogen-bond acceptors (Lipinski definition) is 3. The Kier molecular flexibility index (Phi) is 4.13. The normalized spacial score (nSPS) is 16.9. The van der Waals surface area contributed by atoms with E-state index in [1.165, 1.54) is 5.57 Å². The van der Waals surface area contributed by atoms with Crippen LogP contribution in [0.25, 0.3) is 5.57 Å². The Morgan fingerprint density at radius 3 is 2.86 bits per heavy atom. The van der Waals surface area contributed by atoms with Gasteiger partial charge in [0.25, 0.3) is 0 Å². The summed E-state index contributed by atoms with van der Waals surface area (Å²) in [5.41, 5.74) is 2.41. The quantitative estimate of drug-likeness (QED) is 0.781. The van der Waals surface area contributed by atoms with Gasteiger partial charge in [0.1, 0.15) is 11.5 Å². The van der Waals surface area contributed by atoms with E-state index in [1.807, 2.05) is 49.3 Å². The molecule has 0 radical (unpaired) electrons. The standard InChI is InChI=1S/C17H16ClNOS/c1-19(2)11-5-7-13-12-6-3-4-8-14(12)20-15-9-10-16(18)21-17(13)15/h3-6,8-11H,7H2,1-2H3. The van der Waals surface area contributed by atoms with Crippen LogP contribution in [0.4, 0.5) is 0 Å². The molecule has 0 fully saturated rings. The molecule has 2 aliphatic rings. The maximum atomic E-state index is 6.18. The maximum absolute atomic E-state index is 6.18. The minimum Gasteiger partial charge on any atom is -0.456 e. The first-order valence-corrected chi connectivity index (χ1v) is 7.94. The number of rotatable bonds is 3. The van der Waals surface area contributed by atoms with E-state index in [0.717, 1.165) is 32.8 Å². The lowest BCUT2D eigenvalue weighted by Crippen LogP contribution is -2.09. The highest BCUT2D eigenvalue weighted by Gasteiger charge is 2.26. The lowest BCUT2D eigenvalue weighted by Gasteiger charge is -2.26. The van der Waals surface area contributed by atoms with Crippen molar-refractivity contribution >= 4 is 28.9 Å². The average Bonchev–Trinajstić information content (AvgIpc) is 2.46. The second kappa shape index (κ2) is 6.04. The van der Waals surface area contributed by atoms with Crippen LogP contribution in [0.5, 0.6) is 5.75 Å². The molecule has 0 aromatic heterocycles. The molecule has 0 amide bonds. The first-order chi connectivity index (χ1) is 10.1. The molecule has 21 heavy (non-hydrogen) atoms. The first kappa shape index (κ1) is 14.4. The highest BCUT2D eigenvalue weighted by atomic mass is 35.5. The third-order valence-corrected chi connectivity index (χ3v) is 4.56. The molecule has 4 heteroatoms. The van der Waals surface area contributed by atoms with E-state index >= 15 is 0 Å². The SMILES string of the molecule is CN(C)C=CCC1=C2SC(Cl)=CC=C2Oc2ccccc21. The highest BCUT2D eigenvalue weighted by molar-refractivity contribution is 8.08. The summed E-state index contributed by atoms with van der Waals surface area (Å²) in [6.07, 6.45) is 8.91. The molecule has 0 saturated heterocycles. The Morgan fingerprint density at radius 1 is 1.24 bits per heavy atom. The van der Waals surface area contributed by atoms with Crippen molar-refractivity contribution in [3.63, 3.8) is 0 Å². The van der Waals surface area contributed by atoms with Gasteiger partial charge in [0.2, 0.25) is 0 Å². The average molecular weight is 318 g/mol. The minimum atomic E-state index is 0.769. The van der Waals surface area contributed by atoms with Crippen LogP contribution >= 0.6 is 23.4 Å². The Balaban J connectivity index is 2.05. The minimum absolute atomic E-state index is 0.769. The topological polar surface area (TPSA) is 12.5 Å². The molecule has 2 aliphatic heterocycles. The molecule has 0 aliphatic carbocycles. The molecule has 0 atom stereocenters. The molecule has 0 saturated carbocycles. The number of fused-ring (bicyclic) bond motifs is 2. The summed E-state index contributed by atoms with van der Waals surface area (Å²) in [5, 5.41) is 0. The molecule has 0 N–H and O–H groups in total. The van der Waals surface area contributed by atoms with Gasteiger partial charge in [-0.15, -0.1) is 0 Å². The molecule has 1 aromatic rings. The van der Waals surface area contributed by atoms with Crippen LogP contribution in [0.2, 0.25) is 0 Å². The Morgan fingerprint density at radius 2 is 2.05 bits per heavy atom. The van der Waals surface area contributed by atoms with Crippen molar-refractivity contribution in [2.75, 3.05) is 14.1 Å². The van der Waals surface area contributed by atoms with Crippen molar-refractivity contribution in [3.05, 3.63) is 69.3 Å². The van der Waals surface area contributed by atoms with Crippen LogP contribution in [-0.2, 0) is 0 Å². The zero-order valence-corrected chi connectivity index (χ0v) is 13.5. The van der Waals surface area contributed by atoms with Crippen LogP contribution in [0.15, 0.2) is 63.7 Å². The molecule has 2 heterocycles. The van der Waals surface area contributed by atoms with E-state index in [-0.39, 0.29) is 0 Å². The highest BCUT2D eigenvalue weighted by Crippen LogP contribution is 2.48. The Bertz CT molecular complexity index is 686. The largest absolute Gasteiger partial charge is 0.456 e. The number of thioether (sulfide) groups is 1. The van der Waals surface area contributed by atoms with Crippen LogP contribution < -0.4 is 4.74 Å². The van der Waals surface area contributed by atoms with Crippen LogP contribution in [0, 0.1) is 0 Å². The van der Waals surface area contributed by atoms with E-state index in [1.54, 1.807) is 11.8 Å². The lowest BCUT2D eigenvalue weighted by atomic mass is 9.98. The van der Waals surface area contributed by atoms with Crippen molar-refractivity contribution in [2.24, 2.45) is 0 Å². The number of hydrogen-bond donors (Lipinski definition) is 0. The van der Waals surface area contributed by atoms with Crippen LogP contribution in [0.1, 0.15) is 12.0 Å². The molecular formula is C17H16ClNOS. The summed E-state index contributed by atoms with van der Waals surface area (Å²) in [4.78, 5) is 3.15. The van der Waals surface area contributed by atoms with Gasteiger partial charge in [0.05, 0.1) is 9.27 Å². The third kappa shape index (κ3) is 3.04. The van der Waals surface area contributed by atoms with Crippen molar-refractivity contribution in [1.82, 2.24) is 4.90 Å². The van der Waals surface area contributed by atoms with E-state index in [2.05, 4.69) is 18.3 Å². The molecule has 3 rings (SSSR count). The van der Waals surface area contributed by atoms with E-state index < -0.39 is 0 Å². The van der Waals surface area contributed by atoms with E-state index in [0.29, 0.717) is 0 Å². The lowest BCUT2D eigenvalue weighted by molar-refractivity contribution is 0.435. The fourth-order valence-corrected chi connectivity index (χ4v) is 3.47. The molecule has 108 valence electrons. The zero-order chi connectivity index (χ0) is 14.8. The van der Waals surface area contributed by atoms with Crippen molar-refractivity contribution < 1.29 is 4.74 Å². The predicted molar refractivity (Wildman–Crippen MR) is 91.0 cm³/mol. The van der Waals surface area contributed by atoms with Crippen molar-refractivity contribution in [1.29, 1.82) is 0 Å². The van der Waals surface area contributed by atoms with Gasteiger partial charge < -0.3 is 9.64 Å². The number of allylic oxidation sites excluding steroid dienone is 4. The van der Waals surface area contributed by atoms with Crippen LogP contribution in [0.3, 0.4) is 0 Å². The van der Waals surface area contributed by atoms with Gasteiger partial charge in [-0.25, -0.2) is 0 Å². The molecule has 2 nitrogen and oxygen atoms in total. The molecule has 0 unspecified atom stereocenters. The molecule has 1 aromatic carbocycles. The fraction of sp³-hybridized carbons (Fsp3) is 0.176. The summed E-state index contributed by atoms with van der Waals surface area (Å²) in [7, 11) is 4.04. The van der Waals surface area contributed by atoms with Crippen molar-refractivity contribution in [2.45, 2.75) is 6.42 Å². The number of benzene rings is 1. The predicted octanol–water partition coefficient (Wildman–Crippen LogP) is 4.97. The Hall–Kier alpha value is -1.58. The molecule has 0 bridgehead atoms. The zero-order valence-electron chi connectivity index (χ0n) is 12.0. The summed E-state index contributed by atoms with van der Waals surface area (Å²) in [5.74, 6) is 1.80. The first-order valence-electron chi connectivity index (χ1n) is 6.74. The molecule has 0 spiro atoms. The number of para-hydroxylation sites is 1. The van der Waals surface area contributed by atoms with Gasteiger partial charge in [-0.1, -0.05) is 47.6 Å². The van der Waals surface area contributed by atoms with Gasteiger partial charge in [-0.3, -0.25) is 0 Å². The second-order valence-electron chi connectivity index (χ2n) is 5.06. The number of ether oxygens (including phenoxy) is 1. The monoisotopic (exact) mass is 317 g/mol. The molecular weight excluding hydrogens is 302 g/mol. The smallest absolute Gasteiger partial charge is 0.141 e. The summed E-state index contributed by atoms with van der Waals surface area (Å²) < 4.78 is 6.76. The van der Waals surface area contributed by atoms with Crippen molar-refractivity contribution in [3.8, 4) is 5.75 Å². The van der Waals surface area contributed by atoms with Gasteiger partial charge in [-0.05, 0) is 36.4 Å². The Labute approximate surface area is 134 Å². The van der Waals surface area contributed by atoms with Gasteiger partial charge in [-0.2, -0.15) is 0 Å². The number of halogens is 1. The summed E-state index contributed by atoms with van der Waals surface area (Å²) in [6, 6.07) is 8.15. The van der Waals surface area contributed by atoms with Gasteiger partial charge in [0, 0.05) is 19.7 Å². The van der Waals surface area contributed by atoms with E-state index in [9.17, 15) is 0 Å². The summed E-state index contributed by atoms with van der Waals surface area (Å²) in [6.45, 7) is 0. The third-order valence-electron chi connectivity index (χ3n) is 3.22. The number of nitrogens with zero attached hydrogens (tertiary/aromatic N) is 1. The van der Waals surface area contributed by atoms with Gasteiger partial charge in [0.15, 0.2) is 0 Å². The second-order valence-corrected chi connectivity index (χ2v) is 6.75. The van der Waals surface area contributed by atoms with Gasteiger partial charge >= 0.3 is 0 Å². The van der Waals surface area contributed by atoms with E-state index in [4.69, 9.17) is 16.3 Å². The fourth-order valence-electron chi connectivity index (χ4n) is 2.32.